The van der Waals surface area contributed by atoms with E-state index in [1.54, 1.807) is 18.2 Å². The zero-order valence-electron chi connectivity index (χ0n) is 14.3. The van der Waals surface area contributed by atoms with Crippen molar-refractivity contribution >= 4 is 23.1 Å². The largest absolute Gasteiger partial charge is 0.504 e. The number of rotatable bonds is 5. The van der Waals surface area contributed by atoms with Crippen molar-refractivity contribution in [1.82, 2.24) is 9.55 Å². The van der Waals surface area contributed by atoms with Gasteiger partial charge in [-0.15, -0.1) is 0 Å². The number of benzene rings is 2. The molecule has 0 atom stereocenters. The summed E-state index contributed by atoms with van der Waals surface area (Å²) in [5.74, 6) is -0.225. The van der Waals surface area contributed by atoms with E-state index in [-0.39, 0.29) is 22.8 Å². The van der Waals surface area contributed by atoms with E-state index in [1.165, 1.54) is 30.0 Å². The summed E-state index contributed by atoms with van der Waals surface area (Å²) in [5.41, 5.74) is 3.67. The number of hydrogen-bond acceptors (Lipinski definition) is 7. The average molecular weight is 354 g/mol. The molecule has 8 heteroatoms. The van der Waals surface area contributed by atoms with Gasteiger partial charge < -0.3 is 14.9 Å². The highest BCUT2D eigenvalue weighted by Gasteiger charge is 2.10. The van der Waals surface area contributed by atoms with Crippen LogP contribution in [0.4, 0.5) is 5.95 Å². The third-order valence-corrected chi connectivity index (χ3v) is 3.85. The summed E-state index contributed by atoms with van der Waals surface area (Å²) in [7, 11) is 1.38. The molecule has 1 heterocycles. The highest BCUT2D eigenvalue weighted by Crippen LogP contribution is 2.35. The van der Waals surface area contributed by atoms with E-state index in [0.29, 0.717) is 29.0 Å². The zero-order valence-corrected chi connectivity index (χ0v) is 14.3. The molecule has 1 aromatic heterocycles. The molecule has 0 fully saturated rings. The fourth-order valence-electron chi connectivity index (χ4n) is 2.56. The van der Waals surface area contributed by atoms with Crippen LogP contribution in [0.5, 0.6) is 17.2 Å². The van der Waals surface area contributed by atoms with E-state index in [4.69, 9.17) is 4.74 Å². The first kappa shape index (κ1) is 17.3. The van der Waals surface area contributed by atoms with Gasteiger partial charge in [-0.3, -0.25) is 9.36 Å². The Morgan fingerprint density at radius 1 is 1.31 bits per heavy atom. The second kappa shape index (κ2) is 7.14. The van der Waals surface area contributed by atoms with Gasteiger partial charge in [-0.05, 0) is 31.2 Å². The highest BCUT2D eigenvalue weighted by atomic mass is 16.5. The van der Waals surface area contributed by atoms with Gasteiger partial charge in [-0.1, -0.05) is 12.1 Å². The van der Waals surface area contributed by atoms with E-state index in [0.717, 1.165) is 0 Å². The Balaban J connectivity index is 1.94. The molecule has 0 saturated carbocycles. The summed E-state index contributed by atoms with van der Waals surface area (Å²) in [6.45, 7) is 2.28. The number of aromatic nitrogens is 2. The lowest BCUT2D eigenvalue weighted by Gasteiger charge is -2.10. The number of anilines is 1. The summed E-state index contributed by atoms with van der Waals surface area (Å²) in [5, 5.41) is 23.9. The normalized spacial score (nSPS) is 11.2. The molecule has 3 N–H and O–H groups in total. The van der Waals surface area contributed by atoms with Crippen LogP contribution in [0.3, 0.4) is 0 Å². The second-order valence-electron chi connectivity index (χ2n) is 5.46. The van der Waals surface area contributed by atoms with Crippen LogP contribution in [0, 0.1) is 0 Å². The van der Waals surface area contributed by atoms with Gasteiger partial charge in [0.2, 0.25) is 11.7 Å². The monoisotopic (exact) mass is 354 g/mol. The van der Waals surface area contributed by atoms with Gasteiger partial charge >= 0.3 is 0 Å². The molecule has 134 valence electrons. The molecule has 0 aliphatic heterocycles. The first-order valence-corrected chi connectivity index (χ1v) is 7.93. The lowest BCUT2D eigenvalue weighted by atomic mass is 10.2. The van der Waals surface area contributed by atoms with E-state index < -0.39 is 0 Å². The lowest BCUT2D eigenvalue weighted by Crippen LogP contribution is -2.23. The molecule has 0 bridgehead atoms. The van der Waals surface area contributed by atoms with Crippen LogP contribution in [-0.4, -0.2) is 33.1 Å². The molecular weight excluding hydrogens is 336 g/mol. The molecule has 0 unspecified atom stereocenters. The molecule has 2 aromatic carbocycles. The molecule has 26 heavy (non-hydrogen) atoms. The molecule has 0 amide bonds. The minimum Gasteiger partial charge on any atom is -0.504 e. The summed E-state index contributed by atoms with van der Waals surface area (Å²) in [6, 6.07) is 9.94. The van der Waals surface area contributed by atoms with Crippen molar-refractivity contribution in [3.63, 3.8) is 0 Å². The minimum atomic E-state index is -0.339. The van der Waals surface area contributed by atoms with Gasteiger partial charge in [0.25, 0.3) is 5.56 Å². The molecule has 0 spiro atoms. The standard InChI is InChI=1S/C18H18N4O4/c1-3-22-17(25)12-6-4-5-7-13(12)20-18(22)21-19-10-11-8-14(23)16(24)15(9-11)26-2/h4-10,23-24H,3H2,1-2H3,(H,20,21)/b19-10+. The van der Waals surface area contributed by atoms with Crippen molar-refractivity contribution < 1.29 is 14.9 Å². The van der Waals surface area contributed by atoms with Crippen LogP contribution in [0.2, 0.25) is 0 Å². The van der Waals surface area contributed by atoms with Crippen molar-refractivity contribution in [2.24, 2.45) is 5.10 Å². The van der Waals surface area contributed by atoms with Gasteiger partial charge in [0.15, 0.2) is 11.5 Å². The smallest absolute Gasteiger partial charge is 0.262 e. The summed E-state index contributed by atoms with van der Waals surface area (Å²) >= 11 is 0. The first-order valence-electron chi connectivity index (χ1n) is 7.93. The van der Waals surface area contributed by atoms with E-state index in [2.05, 4.69) is 15.5 Å². The minimum absolute atomic E-state index is 0.126. The molecule has 0 aliphatic rings. The number of phenols is 2. The summed E-state index contributed by atoms with van der Waals surface area (Å²) in [6.07, 6.45) is 1.42. The van der Waals surface area contributed by atoms with Gasteiger partial charge in [0.05, 0.1) is 24.2 Å². The van der Waals surface area contributed by atoms with Gasteiger partial charge in [0, 0.05) is 12.1 Å². The molecule has 0 saturated heterocycles. The summed E-state index contributed by atoms with van der Waals surface area (Å²) in [4.78, 5) is 17.0. The van der Waals surface area contributed by atoms with Crippen molar-refractivity contribution in [2.45, 2.75) is 13.5 Å². The average Bonchev–Trinajstić information content (AvgIpc) is 2.64. The Morgan fingerprint density at radius 2 is 2.08 bits per heavy atom. The van der Waals surface area contributed by atoms with E-state index >= 15 is 0 Å². The molecular formula is C18H18N4O4. The van der Waals surface area contributed by atoms with Crippen LogP contribution in [0.25, 0.3) is 10.9 Å². The molecule has 0 radical (unpaired) electrons. The second-order valence-corrected chi connectivity index (χ2v) is 5.46. The van der Waals surface area contributed by atoms with E-state index in [1.807, 2.05) is 13.0 Å². The number of fused-ring (bicyclic) bond motifs is 1. The predicted octanol–water partition coefficient (Wildman–Crippen LogP) is 2.28. The summed E-state index contributed by atoms with van der Waals surface area (Å²) < 4.78 is 6.46. The first-order chi connectivity index (χ1) is 12.5. The number of hydrogen-bond donors (Lipinski definition) is 3. The topological polar surface area (TPSA) is 109 Å². The van der Waals surface area contributed by atoms with Crippen LogP contribution < -0.4 is 15.7 Å². The van der Waals surface area contributed by atoms with Crippen LogP contribution in [-0.2, 0) is 6.54 Å². The lowest BCUT2D eigenvalue weighted by molar-refractivity contribution is 0.351. The molecule has 3 rings (SSSR count). The molecule has 3 aromatic rings. The molecule has 8 nitrogen and oxygen atoms in total. The third kappa shape index (κ3) is 3.16. The maximum absolute atomic E-state index is 12.5. The van der Waals surface area contributed by atoms with Gasteiger partial charge in [0.1, 0.15) is 0 Å². The Morgan fingerprint density at radius 3 is 2.81 bits per heavy atom. The Kier molecular flexibility index (Phi) is 4.74. The maximum Gasteiger partial charge on any atom is 0.262 e. The third-order valence-electron chi connectivity index (χ3n) is 3.85. The Hall–Kier alpha value is -3.55. The fraction of sp³-hybridized carbons (Fsp3) is 0.167. The van der Waals surface area contributed by atoms with Crippen LogP contribution >= 0.6 is 0 Å². The van der Waals surface area contributed by atoms with E-state index in [9.17, 15) is 15.0 Å². The van der Waals surface area contributed by atoms with Crippen molar-refractivity contribution in [1.29, 1.82) is 0 Å². The van der Waals surface area contributed by atoms with Crippen LogP contribution in [0.15, 0.2) is 46.3 Å². The fourth-order valence-corrected chi connectivity index (χ4v) is 2.56. The highest BCUT2D eigenvalue weighted by molar-refractivity contribution is 5.83. The van der Waals surface area contributed by atoms with Crippen molar-refractivity contribution in [3.8, 4) is 17.2 Å². The quantitative estimate of drug-likeness (QED) is 0.368. The number of phenolic OH excluding ortho intramolecular Hbond substituents is 2. The van der Waals surface area contributed by atoms with Crippen molar-refractivity contribution in [3.05, 3.63) is 52.3 Å². The predicted molar refractivity (Wildman–Crippen MR) is 99.2 cm³/mol. The number of hydrazone groups is 1. The SMILES string of the molecule is CCn1c(N/N=C/c2cc(O)c(O)c(OC)c2)nc2ccccc2c1=O. The van der Waals surface area contributed by atoms with Crippen molar-refractivity contribution in [2.75, 3.05) is 12.5 Å². The number of nitrogens with one attached hydrogen (secondary N) is 1. The van der Waals surface area contributed by atoms with Gasteiger partial charge in [-0.2, -0.15) is 5.10 Å². The number of para-hydroxylation sites is 1. The number of aromatic hydroxyl groups is 2. The Labute approximate surface area is 149 Å². The molecule has 0 aliphatic carbocycles. The Bertz CT molecular complexity index is 1040. The van der Waals surface area contributed by atoms with Crippen LogP contribution in [0.1, 0.15) is 12.5 Å². The maximum atomic E-state index is 12.5. The van der Waals surface area contributed by atoms with Gasteiger partial charge in [-0.25, -0.2) is 10.4 Å². The number of ether oxygens (including phenoxy) is 1. The number of nitrogens with zero attached hydrogens (tertiary/aromatic N) is 3. The number of methoxy groups -OCH3 is 1. The zero-order chi connectivity index (χ0) is 18.7.